The molecule has 1 fully saturated rings. The van der Waals surface area contributed by atoms with E-state index in [1.165, 1.54) is 6.42 Å². The van der Waals surface area contributed by atoms with Gasteiger partial charge in [-0.25, -0.2) is 5.10 Å². The van der Waals surface area contributed by atoms with Crippen LogP contribution in [0, 0.1) is 0 Å². The van der Waals surface area contributed by atoms with E-state index in [9.17, 15) is 4.79 Å². The first-order valence-electron chi connectivity index (χ1n) is 9.44. The van der Waals surface area contributed by atoms with Crippen LogP contribution >= 0.6 is 12.2 Å². The van der Waals surface area contributed by atoms with Crippen LogP contribution in [0.15, 0.2) is 29.1 Å². The summed E-state index contributed by atoms with van der Waals surface area (Å²) in [5, 5.41) is 17.9. The van der Waals surface area contributed by atoms with Gasteiger partial charge in [-0.3, -0.25) is 4.79 Å². The molecule has 1 aromatic heterocycles. The Kier molecular flexibility index (Phi) is 9.00. The maximum Gasteiger partial charge on any atom is 0.272 e. The smallest absolute Gasteiger partial charge is 0.272 e. The SMILES string of the molecule is CCCCNc1n[nH]c(=O)c2ccccc12.CNC(=S)NCC1CCCO1. The van der Waals surface area contributed by atoms with Crippen LogP contribution in [0.25, 0.3) is 10.8 Å². The quantitative estimate of drug-likeness (QED) is 0.444. The number of nitrogens with zero attached hydrogens (tertiary/aromatic N) is 1. The summed E-state index contributed by atoms with van der Waals surface area (Å²) in [6, 6.07) is 7.48. The molecule has 0 aliphatic carbocycles. The van der Waals surface area contributed by atoms with Gasteiger partial charge >= 0.3 is 0 Å². The van der Waals surface area contributed by atoms with Gasteiger partial charge in [0.1, 0.15) is 0 Å². The summed E-state index contributed by atoms with van der Waals surface area (Å²) in [4.78, 5) is 11.5. The van der Waals surface area contributed by atoms with Gasteiger partial charge in [0.15, 0.2) is 10.9 Å². The van der Waals surface area contributed by atoms with Crippen LogP contribution in [-0.2, 0) is 4.74 Å². The van der Waals surface area contributed by atoms with Crippen molar-refractivity contribution in [1.29, 1.82) is 0 Å². The topological polar surface area (TPSA) is 91.1 Å². The largest absolute Gasteiger partial charge is 0.376 e. The van der Waals surface area contributed by atoms with Crippen LogP contribution in [0.3, 0.4) is 0 Å². The van der Waals surface area contributed by atoms with E-state index in [1.807, 2.05) is 25.2 Å². The molecule has 8 heteroatoms. The van der Waals surface area contributed by atoms with Crippen molar-refractivity contribution < 1.29 is 4.74 Å². The lowest BCUT2D eigenvalue weighted by Crippen LogP contribution is -2.37. The molecule has 3 rings (SSSR count). The van der Waals surface area contributed by atoms with E-state index in [1.54, 1.807) is 6.07 Å². The maximum atomic E-state index is 11.5. The fraction of sp³-hybridized carbons (Fsp3) is 0.526. The zero-order valence-corrected chi connectivity index (χ0v) is 16.8. The minimum absolute atomic E-state index is 0.142. The van der Waals surface area contributed by atoms with Gasteiger partial charge < -0.3 is 20.7 Å². The summed E-state index contributed by atoms with van der Waals surface area (Å²) in [7, 11) is 1.81. The molecule has 1 atom stereocenters. The van der Waals surface area contributed by atoms with Crippen molar-refractivity contribution in [2.45, 2.75) is 38.7 Å². The standard InChI is InChI=1S/C12H15N3O.C7H14N2OS/c1-2-3-8-13-11-9-6-4-5-7-10(9)12(16)15-14-11;1-8-7(11)9-5-6-3-2-4-10-6/h4-7H,2-3,8H2,1H3,(H,13,14)(H,15,16);6H,2-5H2,1H3,(H2,8,9,11). The Morgan fingerprint density at radius 2 is 2.15 bits per heavy atom. The highest BCUT2D eigenvalue weighted by atomic mass is 32.1. The van der Waals surface area contributed by atoms with Gasteiger partial charge in [-0.05, 0) is 37.5 Å². The fourth-order valence-electron chi connectivity index (χ4n) is 2.73. The molecule has 148 valence electrons. The molecule has 1 aliphatic rings. The molecule has 0 bridgehead atoms. The van der Waals surface area contributed by atoms with Crippen LogP contribution < -0.4 is 21.5 Å². The number of nitrogens with one attached hydrogen (secondary N) is 4. The van der Waals surface area contributed by atoms with Gasteiger partial charge in [-0.2, -0.15) is 5.10 Å². The number of H-pyrrole nitrogens is 1. The van der Waals surface area contributed by atoms with Gasteiger partial charge in [0.2, 0.25) is 0 Å². The lowest BCUT2D eigenvalue weighted by atomic mass is 10.2. The second-order valence-electron chi connectivity index (χ2n) is 6.32. The molecule has 0 saturated carbocycles. The molecule has 4 N–H and O–H groups in total. The van der Waals surface area contributed by atoms with E-state index in [0.717, 1.165) is 50.2 Å². The predicted octanol–water partition coefficient (Wildman–Crippen LogP) is 2.39. The second-order valence-corrected chi connectivity index (χ2v) is 6.73. The number of aromatic nitrogens is 2. The Morgan fingerprint density at radius 1 is 1.37 bits per heavy atom. The summed E-state index contributed by atoms with van der Waals surface area (Å²) in [6.45, 7) is 4.75. The van der Waals surface area contributed by atoms with Crippen molar-refractivity contribution in [2.75, 3.05) is 32.1 Å². The zero-order chi connectivity index (χ0) is 19.5. The molecule has 7 nitrogen and oxygen atoms in total. The first-order valence-corrected chi connectivity index (χ1v) is 9.85. The highest BCUT2D eigenvalue weighted by molar-refractivity contribution is 7.80. The van der Waals surface area contributed by atoms with Crippen molar-refractivity contribution in [3.63, 3.8) is 0 Å². The Bertz CT molecular complexity index is 774. The van der Waals surface area contributed by atoms with Crippen LogP contribution in [0.1, 0.15) is 32.6 Å². The van der Waals surface area contributed by atoms with Gasteiger partial charge in [-0.15, -0.1) is 0 Å². The summed E-state index contributed by atoms with van der Waals surface area (Å²) in [5.74, 6) is 0.753. The Labute approximate surface area is 165 Å². The average molecular weight is 392 g/mol. The number of anilines is 1. The number of ether oxygens (including phenoxy) is 1. The number of thiocarbonyl (C=S) groups is 1. The van der Waals surface area contributed by atoms with Crippen molar-refractivity contribution in [3.8, 4) is 0 Å². The first-order chi connectivity index (χ1) is 13.2. The lowest BCUT2D eigenvalue weighted by molar-refractivity contribution is 0.114. The number of benzene rings is 1. The number of rotatable bonds is 6. The molecule has 0 spiro atoms. The lowest BCUT2D eigenvalue weighted by Gasteiger charge is -2.11. The predicted molar refractivity (Wildman–Crippen MR) is 114 cm³/mol. The summed E-state index contributed by atoms with van der Waals surface area (Å²) < 4.78 is 5.40. The monoisotopic (exact) mass is 391 g/mol. The van der Waals surface area contributed by atoms with E-state index in [-0.39, 0.29) is 5.56 Å². The number of unbranched alkanes of at least 4 members (excludes halogenated alkanes) is 1. The minimum atomic E-state index is -0.142. The number of hydrogen-bond acceptors (Lipinski definition) is 5. The van der Waals surface area contributed by atoms with Crippen molar-refractivity contribution >= 4 is 33.9 Å². The second kappa shape index (κ2) is 11.5. The van der Waals surface area contributed by atoms with Crippen molar-refractivity contribution in [1.82, 2.24) is 20.8 Å². The average Bonchev–Trinajstić information content (AvgIpc) is 3.22. The molecule has 1 aliphatic heterocycles. The fourth-order valence-corrected chi connectivity index (χ4v) is 2.82. The molecule has 2 aromatic rings. The first kappa shape index (κ1) is 21.1. The molecular weight excluding hydrogens is 362 g/mol. The van der Waals surface area contributed by atoms with Gasteiger partial charge in [-0.1, -0.05) is 31.5 Å². The van der Waals surface area contributed by atoms with Gasteiger partial charge in [0.25, 0.3) is 5.56 Å². The molecule has 1 saturated heterocycles. The third-order valence-corrected chi connectivity index (χ3v) is 4.61. The number of fused-ring (bicyclic) bond motifs is 1. The molecule has 27 heavy (non-hydrogen) atoms. The third kappa shape index (κ3) is 6.80. The summed E-state index contributed by atoms with van der Waals surface area (Å²) >= 11 is 4.91. The third-order valence-electron chi connectivity index (χ3n) is 4.26. The Morgan fingerprint density at radius 3 is 2.81 bits per heavy atom. The number of aromatic amines is 1. The Hall–Kier alpha value is -2.19. The van der Waals surface area contributed by atoms with E-state index >= 15 is 0 Å². The van der Waals surface area contributed by atoms with E-state index in [4.69, 9.17) is 17.0 Å². The van der Waals surface area contributed by atoms with Crippen LogP contribution in [0.5, 0.6) is 0 Å². The molecule has 0 amide bonds. The van der Waals surface area contributed by atoms with E-state index < -0.39 is 0 Å². The van der Waals surface area contributed by atoms with Gasteiger partial charge in [0, 0.05) is 32.1 Å². The molecule has 0 radical (unpaired) electrons. The normalized spacial score (nSPS) is 15.7. The zero-order valence-electron chi connectivity index (χ0n) is 16.0. The van der Waals surface area contributed by atoms with Crippen LogP contribution in [-0.4, -0.2) is 48.2 Å². The Balaban J connectivity index is 0.000000208. The summed E-state index contributed by atoms with van der Waals surface area (Å²) in [6.07, 6.45) is 4.92. The number of hydrogen-bond donors (Lipinski definition) is 4. The van der Waals surface area contributed by atoms with Gasteiger partial charge in [0.05, 0.1) is 11.5 Å². The minimum Gasteiger partial charge on any atom is -0.376 e. The highest BCUT2D eigenvalue weighted by Crippen LogP contribution is 2.16. The van der Waals surface area contributed by atoms with E-state index in [0.29, 0.717) is 16.6 Å². The van der Waals surface area contributed by atoms with Crippen molar-refractivity contribution in [3.05, 3.63) is 34.6 Å². The van der Waals surface area contributed by atoms with Crippen molar-refractivity contribution in [2.24, 2.45) is 0 Å². The van der Waals surface area contributed by atoms with E-state index in [2.05, 4.69) is 33.1 Å². The van der Waals surface area contributed by atoms with Crippen LogP contribution in [0.2, 0.25) is 0 Å². The molecule has 1 aromatic carbocycles. The molecular formula is C19H29N5O2S. The maximum absolute atomic E-state index is 11.5. The molecule has 2 heterocycles. The molecule has 1 unspecified atom stereocenters. The highest BCUT2D eigenvalue weighted by Gasteiger charge is 2.14. The van der Waals surface area contributed by atoms with Crippen LogP contribution in [0.4, 0.5) is 5.82 Å². The summed E-state index contributed by atoms with van der Waals surface area (Å²) in [5.41, 5.74) is -0.142.